The van der Waals surface area contributed by atoms with E-state index in [1.54, 1.807) is 0 Å². The van der Waals surface area contributed by atoms with E-state index in [2.05, 4.69) is 259 Å². The van der Waals surface area contributed by atoms with E-state index in [4.69, 9.17) is 69.8 Å². The van der Waals surface area contributed by atoms with Crippen LogP contribution in [0.1, 0.15) is 44.5 Å². The summed E-state index contributed by atoms with van der Waals surface area (Å²) in [4.78, 5) is 84.7. The molecular weight excluding hydrogens is 1180 g/mol. The van der Waals surface area contributed by atoms with Crippen molar-refractivity contribution in [3.63, 3.8) is 0 Å². The zero-order valence-corrected chi connectivity index (χ0v) is 53.7. The Morgan fingerprint density at radius 1 is 0.156 bits per heavy atom. The molecule has 0 radical (unpaired) electrons. The molecule has 16 heteroatoms. The lowest BCUT2D eigenvalue weighted by atomic mass is 10.0. The molecule has 0 amide bonds. The average molecular weight is 1240 g/mol. The SMILES string of the molecule is Cc1ccc(-c2nc3c(nc2-c2ccc(C)cc2)-c2nc-3nc3[nH]c(nc4nc(nc5[nH]c(n2)c2nc(-c6ccc(C)cc6)c(-c6ccc(C)cc6)nc52)-c2nc(-c5ccc(C)cc5)c(-c5ccc(C)cc5)nc2-4)c2nc(-c4ccc(C)cc4)c(-c4ccc(C)cc4)nc32)cc1. The lowest BCUT2D eigenvalue weighted by Gasteiger charge is -2.12. The van der Waals surface area contributed by atoms with Crippen molar-refractivity contribution in [2.75, 3.05) is 0 Å². The van der Waals surface area contributed by atoms with Crippen molar-refractivity contribution in [1.82, 2.24) is 79.7 Å². The summed E-state index contributed by atoms with van der Waals surface area (Å²) >= 11 is 0. The molecule has 16 nitrogen and oxygen atoms in total. The summed E-state index contributed by atoms with van der Waals surface area (Å²) in [6.45, 7) is 16.5. The molecule has 458 valence electrons. The number of rotatable bonds is 8. The van der Waals surface area contributed by atoms with E-state index in [9.17, 15) is 0 Å². The van der Waals surface area contributed by atoms with E-state index in [0.717, 1.165) is 89.0 Å². The smallest absolute Gasteiger partial charge is 0.184 e. The molecule has 2 aliphatic rings. The second kappa shape index (κ2) is 22.6. The molecule has 0 saturated carbocycles. The van der Waals surface area contributed by atoms with Crippen LogP contribution in [-0.4, -0.2) is 79.7 Å². The van der Waals surface area contributed by atoms with Crippen LogP contribution in [0.15, 0.2) is 194 Å². The Hall–Kier alpha value is -12.6. The van der Waals surface area contributed by atoms with Crippen LogP contribution in [0.3, 0.4) is 0 Å². The Kier molecular flexibility index (Phi) is 13.5. The number of aromatic amines is 2. The van der Waals surface area contributed by atoms with Gasteiger partial charge in [0.25, 0.3) is 0 Å². The Bertz CT molecular complexity index is 5130. The summed E-state index contributed by atoms with van der Waals surface area (Å²) in [5.74, 6) is 0.865. The van der Waals surface area contributed by atoms with Crippen molar-refractivity contribution < 1.29 is 0 Å². The number of aromatic nitrogens is 16. The number of hydrogen-bond donors (Lipinski definition) is 2. The summed E-state index contributed by atoms with van der Waals surface area (Å²) in [6, 6.07) is 66.3. The zero-order chi connectivity index (χ0) is 65.0. The second-order valence-electron chi connectivity index (χ2n) is 25.0. The van der Waals surface area contributed by atoms with Crippen LogP contribution in [0.2, 0.25) is 0 Å². The normalized spacial score (nSPS) is 11.8. The Morgan fingerprint density at radius 2 is 0.302 bits per heavy atom. The van der Waals surface area contributed by atoms with Gasteiger partial charge in [-0.1, -0.05) is 239 Å². The van der Waals surface area contributed by atoms with Gasteiger partial charge in [0.05, 0.1) is 45.6 Å². The maximum Gasteiger partial charge on any atom is 0.184 e. The Morgan fingerprint density at radius 3 is 0.458 bits per heavy atom. The summed E-state index contributed by atoms with van der Waals surface area (Å²) in [7, 11) is 0. The largest absolute Gasteiger partial charge is 0.321 e. The van der Waals surface area contributed by atoms with Crippen molar-refractivity contribution in [3.8, 4) is 136 Å². The number of nitrogens with zero attached hydrogens (tertiary/aromatic N) is 14. The molecule has 0 unspecified atom stereocenters. The van der Waals surface area contributed by atoms with Crippen molar-refractivity contribution in [2.45, 2.75) is 55.4 Å². The highest BCUT2D eigenvalue weighted by Crippen LogP contribution is 2.43. The maximum atomic E-state index is 5.59. The third-order valence-electron chi connectivity index (χ3n) is 17.7. The first-order valence-electron chi connectivity index (χ1n) is 31.8. The third kappa shape index (κ3) is 10.2. The average Bonchev–Trinajstić information content (AvgIpc) is 1.57. The van der Waals surface area contributed by atoms with Crippen molar-refractivity contribution >= 4 is 44.7 Å². The molecule has 0 atom stereocenters. The molecule has 7 aromatic heterocycles. The van der Waals surface area contributed by atoms with E-state index in [0.29, 0.717) is 113 Å². The van der Waals surface area contributed by atoms with Crippen LogP contribution in [-0.2, 0) is 0 Å². The fraction of sp³-hybridized carbons (Fsp3) is 0.100. The monoisotopic (exact) mass is 1240 g/mol. The van der Waals surface area contributed by atoms with Gasteiger partial charge in [-0.15, -0.1) is 0 Å². The van der Waals surface area contributed by atoms with Crippen LogP contribution < -0.4 is 0 Å². The second-order valence-corrected chi connectivity index (χ2v) is 25.0. The van der Waals surface area contributed by atoms with Gasteiger partial charge in [-0.3, -0.25) is 0 Å². The van der Waals surface area contributed by atoms with Gasteiger partial charge >= 0.3 is 0 Å². The van der Waals surface area contributed by atoms with E-state index in [-0.39, 0.29) is 23.3 Å². The standard InChI is InChI=1S/C80H58N16/c1-41-9-25-49(26-10-41)57-58(50-27-11-42(2)12-28-50)82-66-65(81-57)73-89-74(66)94-76-69-70(86-62(54-35-19-46(6)20-36-54)61(85-69)53-33-17-45(5)18-34-53)78(91-76)96-80-72-71(87-63(55-37-21-47(7)22-38-55)64(88-72)56-39-23-48(8)24-40-56)79(92-80)95-77-68-67(75(90-77)93-73)83-59(51-29-13-43(3)14-30-51)60(84-68)52-31-15-44(4)16-32-52/h9-40H,1-8H3,(H2,89,90,91,92,93,94,95,96). The number of fused-ring (bicyclic) bond motifs is 20. The first-order chi connectivity index (χ1) is 46.7. The van der Waals surface area contributed by atoms with Crippen molar-refractivity contribution in [2.24, 2.45) is 0 Å². The fourth-order valence-corrected chi connectivity index (χ4v) is 12.3. The van der Waals surface area contributed by atoms with Gasteiger partial charge in [-0.2, -0.15) is 0 Å². The molecule has 9 heterocycles. The van der Waals surface area contributed by atoms with E-state index < -0.39 is 0 Å². The quantitative estimate of drug-likeness (QED) is 0.145. The molecule has 15 aromatic rings. The minimum Gasteiger partial charge on any atom is -0.321 e. The molecule has 8 aromatic carbocycles. The Balaban J connectivity index is 1.05. The number of hydrogen-bond acceptors (Lipinski definition) is 14. The number of H-pyrrole nitrogens is 2. The molecule has 2 aliphatic heterocycles. The van der Waals surface area contributed by atoms with Crippen LogP contribution in [0.5, 0.6) is 0 Å². The van der Waals surface area contributed by atoms with E-state index in [1.807, 2.05) is 0 Å². The highest BCUT2D eigenvalue weighted by molar-refractivity contribution is 6.05. The fourth-order valence-electron chi connectivity index (χ4n) is 12.3. The third-order valence-corrected chi connectivity index (χ3v) is 17.7. The molecule has 0 spiro atoms. The molecule has 0 saturated heterocycles. The lowest BCUT2D eigenvalue weighted by molar-refractivity contribution is 1.18. The molecule has 17 rings (SSSR count). The van der Waals surface area contributed by atoms with Crippen LogP contribution in [0.4, 0.5) is 0 Å². The molecule has 0 fully saturated rings. The Labute approximate surface area is 551 Å². The first kappa shape index (κ1) is 57.3. The summed E-state index contributed by atoms with van der Waals surface area (Å²) in [5, 5.41) is 0. The van der Waals surface area contributed by atoms with E-state index >= 15 is 0 Å². The van der Waals surface area contributed by atoms with Gasteiger partial charge in [0, 0.05) is 44.5 Å². The molecule has 8 bridgehead atoms. The minimum atomic E-state index is 0.216. The minimum absolute atomic E-state index is 0.216. The van der Waals surface area contributed by atoms with Crippen LogP contribution in [0, 0.1) is 55.4 Å². The van der Waals surface area contributed by atoms with Crippen LogP contribution in [0.25, 0.3) is 181 Å². The predicted molar refractivity (Wildman–Crippen MR) is 380 cm³/mol. The van der Waals surface area contributed by atoms with Crippen molar-refractivity contribution in [1.29, 1.82) is 0 Å². The van der Waals surface area contributed by atoms with Gasteiger partial charge in [0.1, 0.15) is 44.8 Å². The first-order valence-corrected chi connectivity index (χ1v) is 31.8. The summed E-state index contributed by atoms with van der Waals surface area (Å²) in [6.07, 6.45) is 0. The van der Waals surface area contributed by atoms with Crippen LogP contribution >= 0.6 is 0 Å². The highest BCUT2D eigenvalue weighted by Gasteiger charge is 2.31. The molecule has 2 N–H and O–H groups in total. The summed E-state index contributed by atoms with van der Waals surface area (Å²) in [5.41, 5.74) is 25.2. The van der Waals surface area contributed by atoms with Gasteiger partial charge in [0.15, 0.2) is 45.9 Å². The van der Waals surface area contributed by atoms with Crippen molar-refractivity contribution in [3.05, 3.63) is 239 Å². The highest BCUT2D eigenvalue weighted by atomic mass is 15.1. The molecule has 96 heavy (non-hydrogen) atoms. The number of nitrogens with one attached hydrogen (secondary N) is 2. The number of aryl methyl sites for hydroxylation is 8. The lowest BCUT2D eigenvalue weighted by Crippen LogP contribution is -1.99. The number of benzene rings is 8. The topological polar surface area (TPSA) is 212 Å². The van der Waals surface area contributed by atoms with Gasteiger partial charge in [-0.05, 0) is 55.4 Å². The predicted octanol–water partition coefficient (Wildman–Crippen LogP) is 17.8. The molecular formula is C80H58N16. The van der Waals surface area contributed by atoms with Gasteiger partial charge in [0.2, 0.25) is 0 Å². The summed E-state index contributed by atoms with van der Waals surface area (Å²) < 4.78 is 0. The maximum absolute atomic E-state index is 5.59. The molecule has 0 aliphatic carbocycles. The van der Waals surface area contributed by atoms with E-state index in [1.165, 1.54) is 0 Å². The van der Waals surface area contributed by atoms with Gasteiger partial charge in [-0.25, -0.2) is 69.8 Å². The van der Waals surface area contributed by atoms with Gasteiger partial charge < -0.3 is 9.97 Å². The zero-order valence-electron chi connectivity index (χ0n) is 53.7.